The molecule has 6 nitrogen and oxygen atoms in total. The van der Waals surface area contributed by atoms with Crippen molar-refractivity contribution in [1.29, 1.82) is 0 Å². The second kappa shape index (κ2) is 9.32. The van der Waals surface area contributed by atoms with Crippen LogP contribution in [0.25, 0.3) is 5.82 Å². The zero-order valence-corrected chi connectivity index (χ0v) is 17.1. The molecule has 0 aliphatic carbocycles. The Labute approximate surface area is 170 Å². The largest absolute Gasteiger partial charge is 0.357 e. The Bertz CT molecular complexity index is 949. The third-order valence-electron chi connectivity index (χ3n) is 4.62. The van der Waals surface area contributed by atoms with Gasteiger partial charge in [-0.15, -0.1) is 0 Å². The Morgan fingerprint density at radius 2 is 2.00 bits per heavy atom. The van der Waals surface area contributed by atoms with Gasteiger partial charge < -0.3 is 10.6 Å². The summed E-state index contributed by atoms with van der Waals surface area (Å²) in [6.45, 7) is 8.07. The summed E-state index contributed by atoms with van der Waals surface area (Å²) < 4.78 is 15.3. The fourth-order valence-electron chi connectivity index (χ4n) is 2.92. The molecule has 7 heteroatoms. The van der Waals surface area contributed by atoms with Crippen LogP contribution in [0.3, 0.4) is 0 Å². The van der Waals surface area contributed by atoms with Crippen molar-refractivity contribution in [2.75, 3.05) is 13.1 Å². The van der Waals surface area contributed by atoms with Gasteiger partial charge in [-0.25, -0.2) is 19.0 Å². The number of halogens is 1. The first kappa shape index (κ1) is 20.5. The maximum absolute atomic E-state index is 13.6. The van der Waals surface area contributed by atoms with Gasteiger partial charge in [0.1, 0.15) is 5.82 Å². The summed E-state index contributed by atoms with van der Waals surface area (Å²) >= 11 is 0. The minimum atomic E-state index is -0.248. The van der Waals surface area contributed by atoms with Gasteiger partial charge >= 0.3 is 0 Å². The lowest BCUT2D eigenvalue weighted by atomic mass is 9.84. The molecule has 2 N–H and O–H groups in total. The molecule has 3 aromatic rings. The molecule has 0 saturated heterocycles. The lowest BCUT2D eigenvalue weighted by Gasteiger charge is -2.27. The molecule has 0 fully saturated rings. The monoisotopic (exact) mass is 394 g/mol. The molecule has 0 saturated carbocycles. The van der Waals surface area contributed by atoms with E-state index in [9.17, 15) is 4.39 Å². The summed E-state index contributed by atoms with van der Waals surface area (Å²) in [5.41, 5.74) is 1.73. The maximum atomic E-state index is 13.6. The van der Waals surface area contributed by atoms with E-state index in [2.05, 4.69) is 39.6 Å². The molecule has 2 aromatic heterocycles. The number of guanidine groups is 1. The van der Waals surface area contributed by atoms with E-state index >= 15 is 0 Å². The molecule has 0 aliphatic rings. The molecule has 2 heterocycles. The summed E-state index contributed by atoms with van der Waals surface area (Å²) in [4.78, 5) is 9.03. The normalized spacial score (nSPS) is 12.1. The third kappa shape index (κ3) is 5.63. The van der Waals surface area contributed by atoms with Crippen LogP contribution in [0.15, 0.2) is 66.0 Å². The average Bonchev–Trinajstić information content (AvgIpc) is 3.25. The van der Waals surface area contributed by atoms with Crippen molar-refractivity contribution in [3.63, 3.8) is 0 Å². The predicted molar refractivity (Wildman–Crippen MR) is 114 cm³/mol. The predicted octanol–water partition coefficient (Wildman–Crippen LogP) is 3.44. The number of nitrogens with zero attached hydrogens (tertiary/aromatic N) is 4. The van der Waals surface area contributed by atoms with Crippen LogP contribution in [0.2, 0.25) is 0 Å². The van der Waals surface area contributed by atoms with Gasteiger partial charge in [0, 0.05) is 37.1 Å². The first-order chi connectivity index (χ1) is 14.0. The van der Waals surface area contributed by atoms with Crippen LogP contribution in [0.4, 0.5) is 4.39 Å². The van der Waals surface area contributed by atoms with Crippen LogP contribution in [0, 0.1) is 5.82 Å². The van der Waals surface area contributed by atoms with E-state index in [1.165, 1.54) is 6.07 Å². The molecule has 0 amide bonds. The second-order valence-electron chi connectivity index (χ2n) is 7.42. The molecule has 0 radical (unpaired) electrons. The van der Waals surface area contributed by atoms with Gasteiger partial charge in [0.25, 0.3) is 0 Å². The number of benzene rings is 1. The van der Waals surface area contributed by atoms with Gasteiger partial charge in [-0.05, 0) is 48.4 Å². The lowest BCUT2D eigenvalue weighted by molar-refractivity contribution is 0.503. The van der Waals surface area contributed by atoms with Crippen molar-refractivity contribution in [3.8, 4) is 5.82 Å². The van der Waals surface area contributed by atoms with Crippen molar-refractivity contribution in [1.82, 2.24) is 25.4 Å². The number of aromatic nitrogens is 3. The standard InChI is InChI=1S/C22H27FN6/c1-4-24-21(27-16-22(2,3)18-7-5-8-19(23)14-18)26-15-17-9-11-25-20(13-17)29-12-6-10-28-29/h5-14H,4,15-16H2,1-3H3,(H2,24,26,27). The average molecular weight is 394 g/mol. The fourth-order valence-corrected chi connectivity index (χ4v) is 2.92. The van der Waals surface area contributed by atoms with E-state index in [0.717, 1.165) is 29.4 Å². The van der Waals surface area contributed by atoms with Crippen LogP contribution in [0.5, 0.6) is 0 Å². The van der Waals surface area contributed by atoms with Gasteiger partial charge in [-0.1, -0.05) is 26.0 Å². The van der Waals surface area contributed by atoms with E-state index in [4.69, 9.17) is 0 Å². The number of aliphatic imine (C=N–C) groups is 1. The summed E-state index contributed by atoms with van der Waals surface area (Å²) in [7, 11) is 0. The van der Waals surface area contributed by atoms with Gasteiger partial charge in [0.05, 0.1) is 6.54 Å². The first-order valence-corrected chi connectivity index (χ1v) is 9.71. The number of hydrogen-bond donors (Lipinski definition) is 2. The lowest BCUT2D eigenvalue weighted by Crippen LogP contribution is -2.43. The number of pyridine rings is 1. The van der Waals surface area contributed by atoms with Crippen LogP contribution in [-0.4, -0.2) is 33.8 Å². The van der Waals surface area contributed by atoms with Gasteiger partial charge in [-0.2, -0.15) is 5.10 Å². The van der Waals surface area contributed by atoms with Gasteiger partial charge in [0.15, 0.2) is 11.8 Å². The fraction of sp³-hybridized carbons (Fsp3) is 0.318. The highest BCUT2D eigenvalue weighted by Crippen LogP contribution is 2.22. The van der Waals surface area contributed by atoms with Crippen LogP contribution < -0.4 is 10.6 Å². The minimum Gasteiger partial charge on any atom is -0.357 e. The third-order valence-corrected chi connectivity index (χ3v) is 4.62. The van der Waals surface area contributed by atoms with Crippen LogP contribution >= 0.6 is 0 Å². The smallest absolute Gasteiger partial charge is 0.191 e. The molecular formula is C22H27FN6. The molecule has 3 rings (SSSR count). The molecule has 152 valence electrons. The van der Waals surface area contributed by atoms with E-state index < -0.39 is 0 Å². The Hall–Kier alpha value is -3.22. The molecule has 1 aromatic carbocycles. The highest BCUT2D eigenvalue weighted by Gasteiger charge is 2.21. The Morgan fingerprint density at radius 1 is 1.14 bits per heavy atom. The molecule has 0 spiro atoms. The van der Waals surface area contributed by atoms with Crippen molar-refractivity contribution in [2.45, 2.75) is 32.7 Å². The number of hydrogen-bond acceptors (Lipinski definition) is 3. The summed E-state index contributed by atoms with van der Waals surface area (Å²) in [5, 5.41) is 10.8. The topological polar surface area (TPSA) is 67.1 Å². The highest BCUT2D eigenvalue weighted by atomic mass is 19.1. The number of rotatable bonds is 7. The Morgan fingerprint density at radius 3 is 2.72 bits per heavy atom. The van der Waals surface area contributed by atoms with Gasteiger partial charge in [0.2, 0.25) is 0 Å². The molecule has 0 atom stereocenters. The Kier molecular flexibility index (Phi) is 6.59. The van der Waals surface area contributed by atoms with Crippen molar-refractivity contribution >= 4 is 5.96 Å². The number of nitrogens with one attached hydrogen (secondary N) is 2. The summed E-state index contributed by atoms with van der Waals surface area (Å²) in [6.07, 6.45) is 5.34. The van der Waals surface area contributed by atoms with Crippen molar-refractivity contribution in [2.24, 2.45) is 4.99 Å². The SMILES string of the molecule is CCNC(=NCc1ccnc(-n2cccn2)c1)NCC(C)(C)c1cccc(F)c1. The van der Waals surface area contributed by atoms with Crippen molar-refractivity contribution in [3.05, 3.63) is 78.0 Å². The zero-order valence-electron chi connectivity index (χ0n) is 17.1. The second-order valence-corrected chi connectivity index (χ2v) is 7.42. The summed E-state index contributed by atoms with van der Waals surface area (Å²) in [6, 6.07) is 12.5. The van der Waals surface area contributed by atoms with Crippen LogP contribution in [0.1, 0.15) is 31.9 Å². The van der Waals surface area contributed by atoms with E-state index in [1.54, 1.807) is 29.2 Å². The minimum absolute atomic E-state index is 0.221. The molecule has 0 aliphatic heterocycles. The van der Waals surface area contributed by atoms with E-state index in [-0.39, 0.29) is 11.2 Å². The molecule has 0 unspecified atom stereocenters. The first-order valence-electron chi connectivity index (χ1n) is 9.71. The maximum Gasteiger partial charge on any atom is 0.191 e. The van der Waals surface area contributed by atoms with E-state index in [1.807, 2.05) is 37.4 Å². The highest BCUT2D eigenvalue weighted by molar-refractivity contribution is 5.79. The Balaban J connectivity index is 1.68. The molecule has 0 bridgehead atoms. The van der Waals surface area contributed by atoms with E-state index in [0.29, 0.717) is 13.1 Å². The van der Waals surface area contributed by atoms with Crippen molar-refractivity contribution < 1.29 is 4.39 Å². The van der Waals surface area contributed by atoms with Gasteiger partial charge in [-0.3, -0.25) is 0 Å². The molecule has 29 heavy (non-hydrogen) atoms. The zero-order chi connectivity index (χ0) is 20.7. The quantitative estimate of drug-likeness (QED) is 0.476. The molecular weight excluding hydrogens is 367 g/mol. The van der Waals surface area contributed by atoms with Crippen LogP contribution in [-0.2, 0) is 12.0 Å². The summed E-state index contributed by atoms with van der Waals surface area (Å²) in [5.74, 6) is 1.25.